The summed E-state index contributed by atoms with van der Waals surface area (Å²) in [7, 11) is 0. The molecule has 0 spiro atoms. The molecule has 1 atom stereocenters. The summed E-state index contributed by atoms with van der Waals surface area (Å²) in [5.41, 5.74) is 7.03. The molecule has 2 saturated heterocycles. The molecule has 34 heavy (non-hydrogen) atoms. The molecule has 1 aromatic heterocycles. The Morgan fingerprint density at radius 2 is 1.85 bits per heavy atom. The van der Waals surface area contributed by atoms with E-state index in [0.29, 0.717) is 29.4 Å². The molecule has 184 valence electrons. The molecule has 2 aliphatic heterocycles. The van der Waals surface area contributed by atoms with Crippen LogP contribution in [-0.2, 0) is 6.54 Å². The van der Waals surface area contributed by atoms with E-state index in [-0.39, 0.29) is 23.4 Å². The lowest BCUT2D eigenvalue weighted by Gasteiger charge is -2.39. The van der Waals surface area contributed by atoms with E-state index in [1.807, 2.05) is 4.90 Å². The summed E-state index contributed by atoms with van der Waals surface area (Å²) in [6.07, 6.45) is 3.39. The number of piperazine rings is 1. The minimum absolute atomic E-state index is 0.0974. The molecule has 0 bridgehead atoms. The van der Waals surface area contributed by atoms with Crippen molar-refractivity contribution < 1.29 is 13.9 Å². The van der Waals surface area contributed by atoms with E-state index in [4.69, 9.17) is 33.7 Å². The number of nitrogens with zero attached hydrogens (tertiary/aromatic N) is 4. The van der Waals surface area contributed by atoms with E-state index in [0.717, 1.165) is 31.7 Å². The van der Waals surface area contributed by atoms with Crippen LogP contribution in [0.2, 0.25) is 10.0 Å². The van der Waals surface area contributed by atoms with Gasteiger partial charge in [-0.05, 0) is 43.5 Å². The minimum atomic E-state index is -0.670. The monoisotopic (exact) mass is 510 g/mol. The third kappa shape index (κ3) is 5.66. The number of benzene rings is 1. The van der Waals surface area contributed by atoms with Gasteiger partial charge in [0.2, 0.25) is 0 Å². The number of nitrogens with two attached hydrogens (primary N) is 1. The number of carbonyl (C=O) groups is 1. The van der Waals surface area contributed by atoms with Gasteiger partial charge in [-0.25, -0.2) is 24.2 Å². The Kier molecular flexibility index (Phi) is 7.98. The van der Waals surface area contributed by atoms with Gasteiger partial charge in [0.15, 0.2) is 11.6 Å². The quantitative estimate of drug-likeness (QED) is 0.569. The number of hydrogen-bond donors (Lipinski definition) is 2. The van der Waals surface area contributed by atoms with Crippen molar-refractivity contribution in [1.29, 1.82) is 0 Å². The predicted molar refractivity (Wildman–Crippen MR) is 130 cm³/mol. The molecule has 3 N–H and O–H groups in total. The second-order valence-corrected chi connectivity index (χ2v) is 9.29. The van der Waals surface area contributed by atoms with Crippen LogP contribution in [0.4, 0.5) is 15.0 Å². The number of urea groups is 1. The molecular weight excluding hydrogens is 482 g/mol. The van der Waals surface area contributed by atoms with Gasteiger partial charge in [0.05, 0.1) is 5.02 Å². The fourth-order valence-electron chi connectivity index (χ4n) is 4.31. The maximum absolute atomic E-state index is 13.9. The van der Waals surface area contributed by atoms with E-state index in [1.165, 1.54) is 25.0 Å². The Morgan fingerprint density at radius 3 is 2.56 bits per heavy atom. The molecule has 2 aliphatic rings. The highest BCUT2D eigenvalue weighted by Gasteiger charge is 2.26. The highest BCUT2D eigenvalue weighted by Crippen LogP contribution is 2.36. The number of nitrogen functional groups attached to an aromatic ring is 1. The molecule has 1 unspecified atom stereocenters. The molecular formula is C23H29Cl2FN6O2. The normalized spacial score (nSPS) is 18.2. The van der Waals surface area contributed by atoms with Gasteiger partial charge in [0, 0.05) is 62.6 Å². The van der Waals surface area contributed by atoms with Crippen molar-refractivity contribution >= 4 is 35.1 Å². The lowest BCUT2D eigenvalue weighted by molar-refractivity contribution is -0.0324. The summed E-state index contributed by atoms with van der Waals surface area (Å²) in [6, 6.07) is 4.21. The van der Waals surface area contributed by atoms with Crippen LogP contribution in [0.5, 0.6) is 5.75 Å². The number of ether oxygens (including phenoxy) is 1. The smallest absolute Gasteiger partial charge is 0.317 e. The second-order valence-electron chi connectivity index (χ2n) is 8.50. The van der Waals surface area contributed by atoms with Gasteiger partial charge >= 0.3 is 6.03 Å². The molecule has 3 heterocycles. The third-order valence-electron chi connectivity index (χ3n) is 6.20. The van der Waals surface area contributed by atoms with Crippen LogP contribution in [0.15, 0.2) is 24.4 Å². The first-order chi connectivity index (χ1) is 16.3. The standard InChI is InChI=1S/C23H29Cl2FN6O2/c1-15(20-17(24)4-5-18(26)21(20)25)34-19-12-16(13-28-22(19)27)14-29-23(33)30-8-10-32(11-9-30)31-6-2-3-7-31/h4-5,12-13,15H,2-3,6-11,14H2,1H3,(H2,27,28)(H,29,33). The Labute approximate surface area is 208 Å². The first-order valence-electron chi connectivity index (χ1n) is 11.4. The molecule has 0 saturated carbocycles. The van der Waals surface area contributed by atoms with Crippen molar-refractivity contribution in [2.75, 3.05) is 45.0 Å². The van der Waals surface area contributed by atoms with Gasteiger partial charge in [-0.2, -0.15) is 0 Å². The van der Waals surface area contributed by atoms with Crippen LogP contribution in [0.3, 0.4) is 0 Å². The number of anilines is 1. The van der Waals surface area contributed by atoms with Crippen molar-refractivity contribution in [2.24, 2.45) is 0 Å². The van der Waals surface area contributed by atoms with Crippen molar-refractivity contribution in [3.8, 4) is 5.75 Å². The number of amides is 2. The molecule has 8 nitrogen and oxygen atoms in total. The average Bonchev–Trinajstić information content (AvgIpc) is 3.37. The summed E-state index contributed by atoms with van der Waals surface area (Å²) in [5.74, 6) is -0.112. The van der Waals surface area contributed by atoms with Crippen LogP contribution in [-0.4, -0.2) is 65.2 Å². The maximum Gasteiger partial charge on any atom is 0.317 e. The van der Waals surface area contributed by atoms with E-state index in [1.54, 1.807) is 19.2 Å². The van der Waals surface area contributed by atoms with E-state index < -0.39 is 11.9 Å². The Balaban J connectivity index is 1.33. The van der Waals surface area contributed by atoms with Crippen molar-refractivity contribution in [2.45, 2.75) is 32.4 Å². The van der Waals surface area contributed by atoms with Gasteiger partial charge in [-0.15, -0.1) is 0 Å². The number of halogens is 3. The zero-order valence-electron chi connectivity index (χ0n) is 19.1. The Bertz CT molecular complexity index is 1030. The number of rotatable bonds is 6. The van der Waals surface area contributed by atoms with Crippen LogP contribution in [0.1, 0.15) is 37.0 Å². The number of aromatic nitrogens is 1. The first-order valence-corrected chi connectivity index (χ1v) is 12.2. The zero-order chi connectivity index (χ0) is 24.2. The van der Waals surface area contributed by atoms with Gasteiger partial charge in [0.1, 0.15) is 11.9 Å². The molecule has 4 rings (SSSR count). The van der Waals surface area contributed by atoms with E-state index >= 15 is 0 Å². The Morgan fingerprint density at radius 1 is 1.18 bits per heavy atom. The average molecular weight is 511 g/mol. The molecule has 2 amide bonds. The van der Waals surface area contributed by atoms with Gasteiger partial charge in [-0.1, -0.05) is 23.2 Å². The van der Waals surface area contributed by atoms with Gasteiger partial charge < -0.3 is 20.7 Å². The third-order valence-corrected chi connectivity index (χ3v) is 6.91. The number of hydrogen-bond acceptors (Lipinski definition) is 6. The molecule has 2 aromatic rings. The van der Waals surface area contributed by atoms with Crippen LogP contribution >= 0.6 is 23.2 Å². The largest absolute Gasteiger partial charge is 0.482 e. The van der Waals surface area contributed by atoms with Gasteiger partial charge in [-0.3, -0.25) is 0 Å². The summed E-state index contributed by atoms with van der Waals surface area (Å²) in [4.78, 5) is 18.7. The predicted octanol–water partition coefficient (Wildman–Crippen LogP) is 4.09. The van der Waals surface area contributed by atoms with Crippen molar-refractivity contribution in [3.63, 3.8) is 0 Å². The summed E-state index contributed by atoms with van der Waals surface area (Å²) in [5, 5.41) is 7.87. The van der Waals surface area contributed by atoms with Gasteiger partial charge in [0.25, 0.3) is 0 Å². The Hall–Kier alpha value is -2.33. The molecule has 2 fully saturated rings. The lowest BCUT2D eigenvalue weighted by atomic mass is 10.1. The number of carbonyl (C=O) groups excluding carboxylic acids is 1. The highest BCUT2D eigenvalue weighted by atomic mass is 35.5. The fourth-order valence-corrected chi connectivity index (χ4v) is 4.98. The number of nitrogens with one attached hydrogen (secondary N) is 1. The number of pyridine rings is 1. The highest BCUT2D eigenvalue weighted by molar-refractivity contribution is 6.36. The molecule has 11 heteroatoms. The zero-order valence-corrected chi connectivity index (χ0v) is 20.6. The summed E-state index contributed by atoms with van der Waals surface area (Å²) >= 11 is 12.3. The molecule has 0 aliphatic carbocycles. The van der Waals surface area contributed by atoms with Crippen LogP contribution in [0.25, 0.3) is 0 Å². The summed E-state index contributed by atoms with van der Waals surface area (Å²) < 4.78 is 19.8. The number of hydrazine groups is 1. The SMILES string of the molecule is CC(Oc1cc(CNC(=O)N2CCN(N3CCCC3)CC2)cnc1N)c1c(Cl)ccc(F)c1Cl. The molecule has 0 radical (unpaired) electrons. The lowest BCUT2D eigenvalue weighted by Crippen LogP contribution is -2.55. The first kappa shape index (κ1) is 24.8. The second kappa shape index (κ2) is 10.9. The maximum atomic E-state index is 13.9. The fraction of sp³-hybridized carbons (Fsp3) is 0.478. The van der Waals surface area contributed by atoms with E-state index in [2.05, 4.69) is 20.3 Å². The van der Waals surface area contributed by atoms with E-state index in [9.17, 15) is 9.18 Å². The summed E-state index contributed by atoms with van der Waals surface area (Å²) in [6.45, 7) is 7.24. The van der Waals surface area contributed by atoms with Crippen molar-refractivity contribution in [3.05, 3.63) is 51.4 Å². The minimum Gasteiger partial charge on any atom is -0.482 e. The topological polar surface area (TPSA) is 87.0 Å². The van der Waals surface area contributed by atoms with Crippen LogP contribution in [0, 0.1) is 5.82 Å². The molecule has 1 aromatic carbocycles. The van der Waals surface area contributed by atoms with Crippen LogP contribution < -0.4 is 15.8 Å². The van der Waals surface area contributed by atoms with Crippen molar-refractivity contribution in [1.82, 2.24) is 25.2 Å².